The number of anilines is 3. The number of pyridine rings is 1. The standard InChI is InChI=1S/C28H35N9OS/c1-28(7-3-4-22-24(28)20(14-29)25(30)39-22)27-33-26(34-38-27)21-12-19(36-10-8-31-9-11-36)13-23(32-21)37-17-5-6-18(37)16-35(2)15-17/h12-13,17-18,31H,3-11,15-16,30H2,1-2H3. The third-order valence-corrected chi connectivity index (χ3v) is 10.2. The maximum atomic E-state index is 9.88. The number of nitriles is 1. The predicted molar refractivity (Wildman–Crippen MR) is 152 cm³/mol. The normalized spacial score (nSPS) is 27.0. The zero-order chi connectivity index (χ0) is 26.7. The summed E-state index contributed by atoms with van der Waals surface area (Å²) >= 11 is 1.52. The molecule has 10 nitrogen and oxygen atoms in total. The van der Waals surface area contributed by atoms with Gasteiger partial charge >= 0.3 is 0 Å². The van der Waals surface area contributed by atoms with Crippen molar-refractivity contribution in [1.82, 2.24) is 25.3 Å². The van der Waals surface area contributed by atoms with E-state index in [4.69, 9.17) is 20.2 Å². The Morgan fingerprint density at radius 2 is 1.95 bits per heavy atom. The van der Waals surface area contributed by atoms with E-state index in [2.05, 4.69) is 57.3 Å². The number of nitrogens with one attached hydrogen (secondary N) is 1. The van der Waals surface area contributed by atoms with Gasteiger partial charge in [0.1, 0.15) is 22.6 Å². The Hall–Kier alpha value is -3.20. The van der Waals surface area contributed by atoms with Gasteiger partial charge in [0.25, 0.3) is 0 Å². The third-order valence-electron chi connectivity index (χ3n) is 9.09. The molecule has 0 radical (unpaired) electrons. The van der Waals surface area contributed by atoms with Gasteiger partial charge in [0.2, 0.25) is 11.7 Å². The summed E-state index contributed by atoms with van der Waals surface area (Å²) in [4.78, 5) is 18.7. The number of fused-ring (bicyclic) bond motifs is 3. The summed E-state index contributed by atoms with van der Waals surface area (Å²) in [6.45, 7) is 8.05. The molecule has 3 aromatic heterocycles. The number of hydrogen-bond donors (Lipinski definition) is 2. The highest BCUT2D eigenvalue weighted by atomic mass is 32.1. The number of likely N-dealkylation sites (N-methyl/N-ethyl adjacent to an activating group) is 1. The van der Waals surface area contributed by atoms with Gasteiger partial charge in [-0.05, 0) is 52.1 Å². The highest BCUT2D eigenvalue weighted by Crippen LogP contribution is 2.48. The molecule has 7 rings (SSSR count). The van der Waals surface area contributed by atoms with Crippen molar-refractivity contribution in [3.8, 4) is 17.6 Å². The molecule has 11 heteroatoms. The Balaban J connectivity index is 1.30. The van der Waals surface area contributed by atoms with E-state index in [1.54, 1.807) is 0 Å². The number of rotatable bonds is 4. The summed E-state index contributed by atoms with van der Waals surface area (Å²) in [6, 6.07) is 7.65. The van der Waals surface area contributed by atoms with Crippen LogP contribution in [0.4, 0.5) is 16.5 Å². The molecule has 39 heavy (non-hydrogen) atoms. The lowest BCUT2D eigenvalue weighted by atomic mass is 9.72. The van der Waals surface area contributed by atoms with E-state index in [0.717, 1.165) is 86.2 Å². The van der Waals surface area contributed by atoms with Crippen LogP contribution in [0.3, 0.4) is 0 Å². The highest BCUT2D eigenvalue weighted by molar-refractivity contribution is 7.16. The van der Waals surface area contributed by atoms with Gasteiger partial charge < -0.3 is 30.3 Å². The fraction of sp³-hybridized carbons (Fsp3) is 0.571. The number of likely N-dealkylation sites (tertiary alicyclic amines) is 1. The zero-order valence-corrected chi connectivity index (χ0v) is 23.4. The van der Waals surface area contributed by atoms with Crippen molar-refractivity contribution in [3.05, 3.63) is 34.0 Å². The first-order valence-electron chi connectivity index (χ1n) is 14.1. The lowest BCUT2D eigenvalue weighted by molar-refractivity contribution is 0.264. The molecule has 3 unspecified atom stereocenters. The first kappa shape index (κ1) is 24.8. The molecule has 3 atom stereocenters. The minimum absolute atomic E-state index is 0.473. The molecule has 0 aromatic carbocycles. The number of nitrogens with two attached hydrogens (primary N) is 1. The summed E-state index contributed by atoms with van der Waals surface area (Å²) in [7, 11) is 2.22. The maximum absolute atomic E-state index is 9.88. The van der Waals surface area contributed by atoms with Gasteiger partial charge in [0.15, 0.2) is 0 Å². The molecule has 3 aromatic rings. The average Bonchev–Trinajstić information content (AvgIpc) is 3.64. The van der Waals surface area contributed by atoms with Crippen LogP contribution in [0.5, 0.6) is 0 Å². The second kappa shape index (κ2) is 9.47. The molecule has 3 saturated heterocycles. The molecule has 0 spiro atoms. The molecule has 2 bridgehead atoms. The minimum Gasteiger partial charge on any atom is -0.389 e. The van der Waals surface area contributed by atoms with E-state index in [-0.39, 0.29) is 0 Å². The van der Waals surface area contributed by atoms with Gasteiger partial charge in [0, 0.05) is 73.5 Å². The number of aryl methyl sites for hydroxylation is 1. The highest BCUT2D eigenvalue weighted by Gasteiger charge is 2.43. The van der Waals surface area contributed by atoms with Crippen molar-refractivity contribution < 1.29 is 4.52 Å². The van der Waals surface area contributed by atoms with Crippen LogP contribution in [0.1, 0.15) is 54.5 Å². The van der Waals surface area contributed by atoms with Gasteiger partial charge in [-0.3, -0.25) is 0 Å². The van der Waals surface area contributed by atoms with Gasteiger partial charge in [-0.1, -0.05) is 5.16 Å². The van der Waals surface area contributed by atoms with Crippen LogP contribution >= 0.6 is 11.3 Å². The first-order chi connectivity index (χ1) is 18.9. The largest absolute Gasteiger partial charge is 0.389 e. The Bertz CT molecular complexity index is 1420. The number of nitrogen functional groups attached to an aromatic ring is 1. The summed E-state index contributed by atoms with van der Waals surface area (Å²) in [5, 5.41) is 18.4. The summed E-state index contributed by atoms with van der Waals surface area (Å²) in [6.07, 6.45) is 5.13. The quantitative estimate of drug-likeness (QED) is 0.506. The second-order valence-electron chi connectivity index (χ2n) is 11.7. The van der Waals surface area contributed by atoms with E-state index >= 15 is 0 Å². The van der Waals surface area contributed by atoms with Gasteiger partial charge in [-0.15, -0.1) is 11.3 Å². The van der Waals surface area contributed by atoms with Gasteiger partial charge in [-0.2, -0.15) is 10.2 Å². The Labute approximate surface area is 232 Å². The van der Waals surface area contributed by atoms with Crippen molar-refractivity contribution >= 4 is 27.8 Å². The van der Waals surface area contributed by atoms with Gasteiger partial charge in [-0.25, -0.2) is 4.98 Å². The van der Waals surface area contributed by atoms with Crippen molar-refractivity contribution in [3.63, 3.8) is 0 Å². The smallest absolute Gasteiger partial charge is 0.237 e. The molecule has 3 aliphatic heterocycles. The van der Waals surface area contributed by atoms with Crippen LogP contribution in [-0.4, -0.2) is 78.4 Å². The molecule has 4 aliphatic rings. The molecule has 0 amide bonds. The van der Waals surface area contributed by atoms with E-state index < -0.39 is 5.41 Å². The third kappa shape index (κ3) is 4.08. The van der Waals surface area contributed by atoms with Crippen LogP contribution < -0.4 is 20.9 Å². The van der Waals surface area contributed by atoms with E-state index in [9.17, 15) is 5.26 Å². The first-order valence-corrected chi connectivity index (χ1v) is 14.9. The minimum atomic E-state index is -0.548. The monoisotopic (exact) mass is 545 g/mol. The van der Waals surface area contributed by atoms with Crippen LogP contribution in [0, 0.1) is 11.3 Å². The Morgan fingerprint density at radius 3 is 2.69 bits per heavy atom. The topological polar surface area (TPSA) is 123 Å². The SMILES string of the molecule is CN1CC2CCC(C1)N2c1cc(N2CCNCC2)cc(-c2noc(C3(C)CCCc4sc(N)c(C#N)c43)n2)n1. The summed E-state index contributed by atoms with van der Waals surface area (Å²) in [5.41, 5.74) is 9.11. The number of piperazine rings is 2. The van der Waals surface area contributed by atoms with E-state index in [0.29, 0.717) is 34.4 Å². The number of thiophene rings is 1. The fourth-order valence-corrected chi connectivity index (χ4v) is 8.39. The average molecular weight is 546 g/mol. The molecule has 3 N–H and O–H groups in total. The van der Waals surface area contributed by atoms with E-state index in [1.165, 1.54) is 24.2 Å². The summed E-state index contributed by atoms with van der Waals surface area (Å²) < 4.78 is 5.98. The maximum Gasteiger partial charge on any atom is 0.237 e. The lowest BCUT2D eigenvalue weighted by Crippen LogP contribution is -2.52. The molecule has 0 saturated carbocycles. The number of nitrogens with zero attached hydrogens (tertiary/aromatic N) is 7. The number of hydrogen-bond acceptors (Lipinski definition) is 11. The second-order valence-corrected chi connectivity index (χ2v) is 12.8. The molecular weight excluding hydrogens is 510 g/mol. The van der Waals surface area contributed by atoms with Crippen molar-refractivity contribution in [1.29, 1.82) is 5.26 Å². The van der Waals surface area contributed by atoms with Crippen molar-refractivity contribution in [2.24, 2.45) is 0 Å². The van der Waals surface area contributed by atoms with Crippen LogP contribution in [-0.2, 0) is 11.8 Å². The molecule has 204 valence electrons. The number of aromatic nitrogens is 3. The molecule has 1 aliphatic carbocycles. The van der Waals surface area contributed by atoms with Gasteiger partial charge in [0.05, 0.1) is 11.0 Å². The molecule has 3 fully saturated rings. The molecule has 6 heterocycles. The summed E-state index contributed by atoms with van der Waals surface area (Å²) in [5.74, 6) is 2.04. The van der Waals surface area contributed by atoms with Crippen molar-refractivity contribution in [2.75, 3.05) is 61.8 Å². The Morgan fingerprint density at radius 1 is 1.18 bits per heavy atom. The van der Waals surface area contributed by atoms with E-state index in [1.807, 2.05) is 0 Å². The van der Waals surface area contributed by atoms with Crippen molar-refractivity contribution in [2.45, 2.75) is 56.5 Å². The predicted octanol–water partition coefficient (Wildman–Crippen LogP) is 2.98. The Kier molecular flexibility index (Phi) is 6.02. The van der Waals surface area contributed by atoms with Crippen LogP contribution in [0.2, 0.25) is 0 Å². The zero-order valence-electron chi connectivity index (χ0n) is 22.6. The van der Waals surface area contributed by atoms with Crippen LogP contribution in [0.25, 0.3) is 11.5 Å². The fourth-order valence-electron chi connectivity index (χ4n) is 7.20. The molecular formula is C28H35N9OS. The van der Waals surface area contributed by atoms with Crippen LogP contribution in [0.15, 0.2) is 16.7 Å². The lowest BCUT2D eigenvalue weighted by Gasteiger charge is -2.41.